The van der Waals surface area contributed by atoms with E-state index in [4.69, 9.17) is 21.1 Å². The second-order valence-corrected chi connectivity index (χ2v) is 10.3. The lowest BCUT2D eigenvalue weighted by molar-refractivity contribution is -0.122. The van der Waals surface area contributed by atoms with Crippen LogP contribution in [-0.4, -0.2) is 44.9 Å². The van der Waals surface area contributed by atoms with Gasteiger partial charge >= 0.3 is 0 Å². The van der Waals surface area contributed by atoms with Crippen LogP contribution in [-0.2, 0) is 14.8 Å². The van der Waals surface area contributed by atoms with Crippen molar-refractivity contribution in [2.24, 2.45) is 0 Å². The van der Waals surface area contributed by atoms with Crippen molar-refractivity contribution in [1.82, 2.24) is 9.62 Å². The topological polar surface area (TPSA) is 84.9 Å². The van der Waals surface area contributed by atoms with E-state index in [1.807, 2.05) is 26.0 Å². The van der Waals surface area contributed by atoms with Gasteiger partial charge < -0.3 is 14.8 Å². The summed E-state index contributed by atoms with van der Waals surface area (Å²) in [6.45, 7) is 3.56. The van der Waals surface area contributed by atoms with E-state index >= 15 is 0 Å². The maximum absolute atomic E-state index is 12.7. The van der Waals surface area contributed by atoms with E-state index in [1.165, 1.54) is 31.3 Å². The number of hydrogen-bond donors (Lipinski definition) is 1. The Balaban J connectivity index is 1.76. The monoisotopic (exact) mass is 452 g/mol. The smallest absolute Gasteiger partial charge is 0.243 e. The van der Waals surface area contributed by atoms with Gasteiger partial charge in [0.1, 0.15) is 17.1 Å². The number of likely N-dealkylation sites (N-methyl/N-ethyl adjacent to an activating group) is 1. The third-order valence-electron chi connectivity index (χ3n) is 4.90. The number of benzene rings is 2. The third kappa shape index (κ3) is 4.88. The van der Waals surface area contributed by atoms with Gasteiger partial charge in [-0.25, -0.2) is 8.42 Å². The van der Waals surface area contributed by atoms with Crippen molar-refractivity contribution >= 4 is 27.5 Å². The van der Waals surface area contributed by atoms with Crippen molar-refractivity contribution in [2.75, 3.05) is 20.7 Å². The molecule has 162 valence electrons. The Morgan fingerprint density at radius 3 is 2.57 bits per heavy atom. The number of fused-ring (bicyclic) bond motifs is 1. The summed E-state index contributed by atoms with van der Waals surface area (Å²) in [7, 11) is -0.878. The first kappa shape index (κ1) is 22.4. The van der Waals surface area contributed by atoms with Gasteiger partial charge in [0.15, 0.2) is 0 Å². The van der Waals surface area contributed by atoms with Gasteiger partial charge in [-0.15, -0.1) is 0 Å². The van der Waals surface area contributed by atoms with Gasteiger partial charge in [0.05, 0.1) is 24.6 Å². The highest BCUT2D eigenvalue weighted by Gasteiger charge is 2.35. The molecule has 1 unspecified atom stereocenters. The van der Waals surface area contributed by atoms with E-state index in [2.05, 4.69) is 5.32 Å². The summed E-state index contributed by atoms with van der Waals surface area (Å²) in [4.78, 5) is 12.8. The lowest BCUT2D eigenvalue weighted by Gasteiger charge is -2.38. The van der Waals surface area contributed by atoms with Crippen molar-refractivity contribution in [3.05, 3.63) is 53.1 Å². The molecule has 2 aromatic rings. The minimum atomic E-state index is -3.82. The predicted molar refractivity (Wildman–Crippen MR) is 114 cm³/mol. The number of nitrogens with one attached hydrogen (secondary N) is 1. The zero-order chi connectivity index (χ0) is 22.1. The molecule has 0 bridgehead atoms. The number of rotatable bonds is 6. The summed E-state index contributed by atoms with van der Waals surface area (Å²) in [5.74, 6) is 0.907. The molecule has 0 spiro atoms. The first-order chi connectivity index (χ1) is 14.0. The highest BCUT2D eigenvalue weighted by Crippen LogP contribution is 2.41. The van der Waals surface area contributed by atoms with E-state index in [1.54, 1.807) is 13.2 Å². The van der Waals surface area contributed by atoms with E-state index in [-0.39, 0.29) is 17.5 Å². The molecule has 0 fully saturated rings. The van der Waals surface area contributed by atoms with Crippen LogP contribution in [0, 0.1) is 0 Å². The quantitative estimate of drug-likeness (QED) is 0.726. The Kier molecular flexibility index (Phi) is 6.31. The largest absolute Gasteiger partial charge is 0.497 e. The molecule has 3 rings (SSSR count). The minimum Gasteiger partial charge on any atom is -0.497 e. The zero-order valence-corrected chi connectivity index (χ0v) is 18.9. The number of methoxy groups -OCH3 is 1. The number of ether oxygens (including phenoxy) is 2. The van der Waals surface area contributed by atoms with Gasteiger partial charge in [0.25, 0.3) is 0 Å². The maximum Gasteiger partial charge on any atom is 0.243 e. The molecule has 30 heavy (non-hydrogen) atoms. The summed E-state index contributed by atoms with van der Waals surface area (Å²) < 4.78 is 37.8. The Morgan fingerprint density at radius 1 is 1.27 bits per heavy atom. The Bertz CT molecular complexity index is 1040. The van der Waals surface area contributed by atoms with Crippen LogP contribution < -0.4 is 14.8 Å². The molecular formula is C21H25ClN2O5S. The third-order valence-corrected chi connectivity index (χ3v) is 6.97. The number of halogens is 1. The fourth-order valence-corrected chi connectivity index (χ4v) is 4.66. The van der Waals surface area contributed by atoms with Crippen molar-refractivity contribution in [2.45, 2.75) is 36.8 Å². The fourth-order valence-electron chi connectivity index (χ4n) is 3.40. The van der Waals surface area contributed by atoms with Crippen LogP contribution in [0.25, 0.3) is 0 Å². The number of carbonyl (C=O) groups is 1. The van der Waals surface area contributed by atoms with Crippen molar-refractivity contribution < 1.29 is 22.7 Å². The van der Waals surface area contributed by atoms with E-state index in [0.717, 1.165) is 9.87 Å². The molecule has 1 heterocycles. The lowest BCUT2D eigenvalue weighted by atomic mass is 9.89. The van der Waals surface area contributed by atoms with Crippen LogP contribution in [0.2, 0.25) is 5.02 Å². The summed E-state index contributed by atoms with van der Waals surface area (Å²) in [5.41, 5.74) is 0.311. The molecule has 1 aliphatic heterocycles. The Morgan fingerprint density at radius 2 is 1.93 bits per heavy atom. The predicted octanol–water partition coefficient (Wildman–Crippen LogP) is 3.39. The average Bonchev–Trinajstić information content (AvgIpc) is 2.67. The summed E-state index contributed by atoms with van der Waals surface area (Å²) >= 11 is 5.83. The van der Waals surface area contributed by atoms with Gasteiger partial charge in [-0.2, -0.15) is 4.31 Å². The van der Waals surface area contributed by atoms with Crippen molar-refractivity contribution in [3.8, 4) is 11.5 Å². The molecule has 2 aromatic carbocycles. The standard InChI is InChI=1S/C21H25ClN2O5S/c1-21(2)12-18(17-11-15(28-4)7-10-19(17)29-21)23-20(25)13-24(3)30(26,27)16-8-5-14(22)6-9-16/h5-11,18H,12-13H2,1-4H3,(H,23,25). The van der Waals surface area contributed by atoms with Gasteiger partial charge in [-0.1, -0.05) is 11.6 Å². The molecule has 0 aliphatic carbocycles. The van der Waals surface area contributed by atoms with Crippen molar-refractivity contribution in [3.63, 3.8) is 0 Å². The minimum absolute atomic E-state index is 0.0736. The molecule has 1 N–H and O–H groups in total. The van der Waals surface area contributed by atoms with E-state index in [9.17, 15) is 13.2 Å². The van der Waals surface area contributed by atoms with Crippen LogP contribution in [0.5, 0.6) is 11.5 Å². The highest BCUT2D eigenvalue weighted by atomic mass is 35.5. The molecule has 0 saturated carbocycles. The van der Waals surface area contributed by atoms with Gasteiger partial charge in [-0.05, 0) is 56.3 Å². The second kappa shape index (κ2) is 8.45. The highest BCUT2D eigenvalue weighted by molar-refractivity contribution is 7.89. The molecule has 0 aromatic heterocycles. The lowest BCUT2D eigenvalue weighted by Crippen LogP contribution is -2.44. The van der Waals surface area contributed by atoms with Crippen LogP contribution in [0.1, 0.15) is 31.9 Å². The molecule has 0 radical (unpaired) electrons. The molecular weight excluding hydrogens is 428 g/mol. The maximum atomic E-state index is 12.7. The summed E-state index contributed by atoms with van der Waals surface area (Å²) in [5, 5.41) is 3.38. The second-order valence-electron chi connectivity index (χ2n) is 7.80. The first-order valence-corrected chi connectivity index (χ1v) is 11.2. The molecule has 9 heteroatoms. The normalized spacial score (nSPS) is 17.7. The number of hydrogen-bond acceptors (Lipinski definition) is 5. The SMILES string of the molecule is COc1ccc2c(c1)C(NC(=O)CN(C)S(=O)(=O)c1ccc(Cl)cc1)CC(C)(C)O2. The number of carbonyl (C=O) groups excluding carboxylic acids is 1. The molecule has 1 amide bonds. The Labute approximate surface area is 182 Å². The molecule has 0 saturated heterocycles. The van der Waals surface area contributed by atoms with Crippen LogP contribution >= 0.6 is 11.6 Å². The van der Waals surface area contributed by atoms with Crippen LogP contribution in [0.15, 0.2) is 47.4 Å². The fraction of sp³-hybridized carbons (Fsp3) is 0.381. The molecule has 1 aliphatic rings. The molecule has 7 nitrogen and oxygen atoms in total. The van der Waals surface area contributed by atoms with Crippen LogP contribution in [0.3, 0.4) is 0 Å². The number of amides is 1. The van der Waals surface area contributed by atoms with Gasteiger partial charge in [0, 0.05) is 24.1 Å². The first-order valence-electron chi connectivity index (χ1n) is 9.40. The van der Waals surface area contributed by atoms with Crippen molar-refractivity contribution in [1.29, 1.82) is 0 Å². The number of nitrogens with zero attached hydrogens (tertiary/aromatic N) is 1. The van der Waals surface area contributed by atoms with E-state index in [0.29, 0.717) is 22.9 Å². The summed E-state index contributed by atoms with van der Waals surface area (Å²) in [6, 6.07) is 10.9. The molecule has 1 atom stereocenters. The number of sulfonamides is 1. The summed E-state index contributed by atoms with van der Waals surface area (Å²) in [6.07, 6.45) is 0.534. The average molecular weight is 453 g/mol. The van der Waals surface area contributed by atoms with Crippen LogP contribution in [0.4, 0.5) is 0 Å². The van der Waals surface area contributed by atoms with Gasteiger partial charge in [-0.3, -0.25) is 4.79 Å². The Hall–Kier alpha value is -2.29. The van der Waals surface area contributed by atoms with Gasteiger partial charge in [0.2, 0.25) is 15.9 Å². The zero-order valence-electron chi connectivity index (χ0n) is 17.3. The van der Waals surface area contributed by atoms with E-state index < -0.39 is 21.5 Å².